The number of carbonyl (C=O) groups excluding carboxylic acids is 2. The summed E-state index contributed by atoms with van der Waals surface area (Å²) in [5, 5.41) is 0. The fourth-order valence-corrected chi connectivity index (χ4v) is 2.86. The molecular formula is C17H21NO3. The molecule has 0 N–H and O–H groups in total. The Morgan fingerprint density at radius 2 is 2.14 bits per heavy atom. The molecule has 0 aromatic heterocycles. The van der Waals surface area contributed by atoms with E-state index in [0.717, 1.165) is 12.0 Å². The Balaban J connectivity index is 2.26. The standard InChI is InChI=1S/C17H21NO3/c1-3-8-15(16(19)18-11-12-21-17(18)20)14(4-2)13-9-6-5-7-10-13/h3,5-7,9-10,14-15H,1,4,8,11-12H2,2H3/t14-,15-/m1/s1. The average Bonchev–Trinajstić information content (AvgIpc) is 2.94. The van der Waals surface area contributed by atoms with Gasteiger partial charge in [-0.15, -0.1) is 6.58 Å². The van der Waals surface area contributed by atoms with Crippen molar-refractivity contribution in [3.8, 4) is 0 Å². The molecule has 0 saturated carbocycles. The molecule has 0 bridgehead atoms. The number of hydrogen-bond donors (Lipinski definition) is 0. The highest BCUT2D eigenvalue weighted by atomic mass is 16.6. The maximum atomic E-state index is 12.7. The van der Waals surface area contributed by atoms with Crippen molar-refractivity contribution in [1.82, 2.24) is 4.90 Å². The first-order chi connectivity index (χ1) is 10.2. The topological polar surface area (TPSA) is 46.6 Å². The summed E-state index contributed by atoms with van der Waals surface area (Å²) in [4.78, 5) is 25.5. The molecule has 4 heteroatoms. The van der Waals surface area contributed by atoms with Crippen LogP contribution in [-0.4, -0.2) is 30.1 Å². The maximum Gasteiger partial charge on any atom is 0.416 e. The number of amides is 2. The zero-order chi connectivity index (χ0) is 15.2. The van der Waals surface area contributed by atoms with Crippen LogP contribution in [0.15, 0.2) is 43.0 Å². The summed E-state index contributed by atoms with van der Waals surface area (Å²) in [6.07, 6.45) is 2.60. The number of allylic oxidation sites excluding steroid dienone is 1. The highest BCUT2D eigenvalue weighted by Crippen LogP contribution is 2.32. The summed E-state index contributed by atoms with van der Waals surface area (Å²) in [7, 11) is 0. The van der Waals surface area contributed by atoms with Crippen molar-refractivity contribution >= 4 is 12.0 Å². The van der Waals surface area contributed by atoms with E-state index in [4.69, 9.17) is 4.74 Å². The van der Waals surface area contributed by atoms with E-state index in [1.54, 1.807) is 6.08 Å². The van der Waals surface area contributed by atoms with Crippen LogP contribution in [0, 0.1) is 5.92 Å². The number of ether oxygens (including phenoxy) is 1. The summed E-state index contributed by atoms with van der Waals surface area (Å²) >= 11 is 0. The Kier molecular flexibility index (Phi) is 5.14. The smallest absolute Gasteiger partial charge is 0.416 e. The molecule has 2 rings (SSSR count). The minimum absolute atomic E-state index is 0.0742. The van der Waals surface area contributed by atoms with E-state index < -0.39 is 6.09 Å². The van der Waals surface area contributed by atoms with Crippen molar-refractivity contribution in [2.75, 3.05) is 13.2 Å². The molecule has 1 aliphatic rings. The zero-order valence-electron chi connectivity index (χ0n) is 12.3. The Labute approximate surface area is 125 Å². The molecule has 1 fully saturated rings. The van der Waals surface area contributed by atoms with Crippen LogP contribution in [-0.2, 0) is 9.53 Å². The van der Waals surface area contributed by atoms with Gasteiger partial charge in [0.1, 0.15) is 6.61 Å². The van der Waals surface area contributed by atoms with E-state index in [0.29, 0.717) is 13.0 Å². The van der Waals surface area contributed by atoms with Gasteiger partial charge in [-0.3, -0.25) is 4.79 Å². The van der Waals surface area contributed by atoms with E-state index in [2.05, 4.69) is 13.5 Å². The molecule has 0 spiro atoms. The van der Waals surface area contributed by atoms with Crippen LogP contribution in [0.25, 0.3) is 0 Å². The number of rotatable bonds is 6. The van der Waals surface area contributed by atoms with E-state index >= 15 is 0 Å². The van der Waals surface area contributed by atoms with Gasteiger partial charge in [0.05, 0.1) is 6.54 Å². The fourth-order valence-electron chi connectivity index (χ4n) is 2.86. The molecule has 1 aromatic carbocycles. The van der Waals surface area contributed by atoms with Gasteiger partial charge in [-0.05, 0) is 24.3 Å². The fraction of sp³-hybridized carbons (Fsp3) is 0.412. The van der Waals surface area contributed by atoms with Crippen LogP contribution in [0.1, 0.15) is 31.2 Å². The summed E-state index contributed by atoms with van der Waals surface area (Å²) in [5.74, 6) is -0.362. The van der Waals surface area contributed by atoms with Crippen molar-refractivity contribution in [3.63, 3.8) is 0 Å². The highest BCUT2D eigenvalue weighted by Gasteiger charge is 2.36. The number of nitrogens with zero attached hydrogens (tertiary/aromatic N) is 1. The lowest BCUT2D eigenvalue weighted by atomic mass is 9.81. The third-order valence-electron chi connectivity index (χ3n) is 3.92. The normalized spacial score (nSPS) is 17.2. The molecule has 4 nitrogen and oxygen atoms in total. The second kappa shape index (κ2) is 7.07. The largest absolute Gasteiger partial charge is 0.447 e. The van der Waals surface area contributed by atoms with Gasteiger partial charge in [0.15, 0.2) is 0 Å². The zero-order valence-corrected chi connectivity index (χ0v) is 12.3. The van der Waals surface area contributed by atoms with Crippen molar-refractivity contribution in [1.29, 1.82) is 0 Å². The minimum Gasteiger partial charge on any atom is -0.447 e. The van der Waals surface area contributed by atoms with Crippen molar-refractivity contribution < 1.29 is 14.3 Å². The van der Waals surface area contributed by atoms with Crippen molar-refractivity contribution in [2.45, 2.75) is 25.7 Å². The first-order valence-corrected chi connectivity index (χ1v) is 7.33. The second-order valence-electron chi connectivity index (χ2n) is 5.16. The first-order valence-electron chi connectivity index (χ1n) is 7.33. The Hall–Kier alpha value is -2.10. The molecule has 0 radical (unpaired) electrons. The lowest BCUT2D eigenvalue weighted by Gasteiger charge is -2.27. The molecule has 2 amide bonds. The number of hydrogen-bond acceptors (Lipinski definition) is 3. The molecule has 112 valence electrons. The quantitative estimate of drug-likeness (QED) is 0.754. The molecule has 1 aliphatic heterocycles. The van der Waals surface area contributed by atoms with E-state index in [-0.39, 0.29) is 24.3 Å². The molecule has 1 saturated heterocycles. The van der Waals surface area contributed by atoms with Gasteiger partial charge in [0, 0.05) is 5.92 Å². The van der Waals surface area contributed by atoms with Crippen LogP contribution in [0.4, 0.5) is 4.79 Å². The molecule has 1 heterocycles. The van der Waals surface area contributed by atoms with Crippen LogP contribution < -0.4 is 0 Å². The van der Waals surface area contributed by atoms with Gasteiger partial charge >= 0.3 is 6.09 Å². The lowest BCUT2D eigenvalue weighted by molar-refractivity contribution is -0.132. The number of benzene rings is 1. The van der Waals surface area contributed by atoms with Gasteiger partial charge in [-0.1, -0.05) is 43.3 Å². The van der Waals surface area contributed by atoms with Gasteiger partial charge < -0.3 is 4.74 Å². The molecule has 21 heavy (non-hydrogen) atoms. The highest BCUT2D eigenvalue weighted by molar-refractivity contribution is 5.94. The molecule has 0 unspecified atom stereocenters. The predicted molar refractivity (Wildman–Crippen MR) is 80.8 cm³/mol. The third kappa shape index (κ3) is 3.32. The Bertz CT molecular complexity index is 512. The van der Waals surface area contributed by atoms with Gasteiger partial charge in [0.25, 0.3) is 0 Å². The lowest BCUT2D eigenvalue weighted by Crippen LogP contribution is -2.39. The van der Waals surface area contributed by atoms with Crippen LogP contribution in [0.5, 0.6) is 0 Å². The van der Waals surface area contributed by atoms with Crippen LogP contribution >= 0.6 is 0 Å². The number of carbonyl (C=O) groups is 2. The van der Waals surface area contributed by atoms with Crippen molar-refractivity contribution in [2.24, 2.45) is 5.92 Å². The van der Waals surface area contributed by atoms with Crippen LogP contribution in [0.3, 0.4) is 0 Å². The summed E-state index contributed by atoms with van der Waals surface area (Å²) in [5.41, 5.74) is 1.12. The second-order valence-corrected chi connectivity index (χ2v) is 5.16. The van der Waals surface area contributed by atoms with E-state index in [1.807, 2.05) is 30.3 Å². The predicted octanol–water partition coefficient (Wildman–Crippen LogP) is 3.35. The van der Waals surface area contributed by atoms with E-state index in [1.165, 1.54) is 4.90 Å². The SMILES string of the molecule is C=CC[C@@H](C(=O)N1CCOC1=O)[C@H](CC)c1ccccc1. The molecular weight excluding hydrogens is 266 g/mol. The monoisotopic (exact) mass is 287 g/mol. The summed E-state index contributed by atoms with van der Waals surface area (Å²) < 4.78 is 4.87. The number of imide groups is 1. The van der Waals surface area contributed by atoms with Gasteiger partial charge in [0.2, 0.25) is 5.91 Å². The van der Waals surface area contributed by atoms with Crippen molar-refractivity contribution in [3.05, 3.63) is 48.6 Å². The maximum absolute atomic E-state index is 12.7. The minimum atomic E-state index is -0.531. The Morgan fingerprint density at radius 1 is 1.43 bits per heavy atom. The number of cyclic esters (lactones) is 1. The average molecular weight is 287 g/mol. The third-order valence-corrected chi connectivity index (χ3v) is 3.92. The van der Waals surface area contributed by atoms with Crippen LogP contribution in [0.2, 0.25) is 0 Å². The van der Waals surface area contributed by atoms with Gasteiger partial charge in [-0.2, -0.15) is 0 Å². The molecule has 2 atom stereocenters. The first kappa shape index (κ1) is 15.3. The Morgan fingerprint density at radius 3 is 2.67 bits per heavy atom. The van der Waals surface area contributed by atoms with E-state index in [9.17, 15) is 9.59 Å². The molecule has 0 aliphatic carbocycles. The molecule has 1 aromatic rings. The summed E-state index contributed by atoms with van der Waals surface area (Å²) in [6, 6.07) is 9.95. The van der Waals surface area contributed by atoms with Gasteiger partial charge in [-0.25, -0.2) is 9.69 Å². The summed E-state index contributed by atoms with van der Waals surface area (Å²) in [6.45, 7) is 6.44.